The van der Waals surface area contributed by atoms with Crippen molar-refractivity contribution in [2.24, 2.45) is 5.41 Å². The Morgan fingerprint density at radius 1 is 1.47 bits per heavy atom. The minimum atomic E-state index is -1.73. The molecule has 1 aromatic rings. The van der Waals surface area contributed by atoms with Crippen molar-refractivity contribution in [2.45, 2.75) is 20.0 Å². The third-order valence-electron chi connectivity index (χ3n) is 2.33. The Morgan fingerprint density at radius 3 is 2.53 bits per heavy atom. The fourth-order valence-electron chi connectivity index (χ4n) is 1.19. The van der Waals surface area contributed by atoms with Crippen molar-refractivity contribution in [2.75, 3.05) is 0 Å². The molecule has 0 aliphatic heterocycles. The standard InChI is InChI=1S/C11H12F2O2/c1-11(2,10(14)15)9(13)7-4-3-5-8(12)6-7/h3-6,9H,1-2H3,(H,14,15). The van der Waals surface area contributed by atoms with Crippen LogP contribution in [-0.4, -0.2) is 11.1 Å². The van der Waals surface area contributed by atoms with E-state index >= 15 is 0 Å². The van der Waals surface area contributed by atoms with E-state index in [2.05, 4.69) is 0 Å². The molecular formula is C11H12F2O2. The molecule has 0 amide bonds. The van der Waals surface area contributed by atoms with E-state index in [0.29, 0.717) is 0 Å². The summed E-state index contributed by atoms with van der Waals surface area (Å²) in [5.41, 5.74) is -1.52. The topological polar surface area (TPSA) is 37.3 Å². The zero-order chi connectivity index (χ0) is 11.6. The highest BCUT2D eigenvalue weighted by Crippen LogP contribution is 2.36. The lowest BCUT2D eigenvalue weighted by Crippen LogP contribution is -2.29. The number of halogens is 2. The predicted octanol–water partition coefficient (Wildman–Crippen LogP) is 2.95. The van der Waals surface area contributed by atoms with Crippen LogP contribution in [0.1, 0.15) is 25.6 Å². The largest absolute Gasteiger partial charge is 0.481 e. The van der Waals surface area contributed by atoms with E-state index in [9.17, 15) is 13.6 Å². The lowest BCUT2D eigenvalue weighted by molar-refractivity contribution is -0.150. The molecule has 0 fully saturated rings. The van der Waals surface area contributed by atoms with Gasteiger partial charge in [-0.15, -0.1) is 0 Å². The first kappa shape index (κ1) is 11.6. The van der Waals surface area contributed by atoms with Gasteiger partial charge in [-0.1, -0.05) is 12.1 Å². The average molecular weight is 214 g/mol. The Hall–Kier alpha value is -1.45. The summed E-state index contributed by atoms with van der Waals surface area (Å²) in [5.74, 6) is -1.82. The number of aliphatic carboxylic acids is 1. The highest BCUT2D eigenvalue weighted by molar-refractivity contribution is 5.74. The van der Waals surface area contributed by atoms with Crippen molar-refractivity contribution >= 4 is 5.97 Å². The molecule has 1 atom stereocenters. The summed E-state index contributed by atoms with van der Waals surface area (Å²) in [7, 11) is 0. The Balaban J connectivity index is 3.04. The molecule has 2 nitrogen and oxygen atoms in total. The molecule has 0 heterocycles. The van der Waals surface area contributed by atoms with Crippen molar-refractivity contribution < 1.29 is 18.7 Å². The van der Waals surface area contributed by atoms with Gasteiger partial charge >= 0.3 is 5.97 Å². The summed E-state index contributed by atoms with van der Waals surface area (Å²) in [6.07, 6.45) is -1.73. The Labute approximate surface area is 86.5 Å². The van der Waals surface area contributed by atoms with Crippen LogP contribution >= 0.6 is 0 Å². The van der Waals surface area contributed by atoms with Gasteiger partial charge in [0, 0.05) is 0 Å². The van der Waals surface area contributed by atoms with Crippen LogP contribution in [0.3, 0.4) is 0 Å². The molecule has 0 aliphatic carbocycles. The first-order valence-electron chi connectivity index (χ1n) is 4.48. The summed E-state index contributed by atoms with van der Waals surface area (Å²) in [5, 5.41) is 8.81. The minimum Gasteiger partial charge on any atom is -0.481 e. The highest BCUT2D eigenvalue weighted by atomic mass is 19.1. The van der Waals surface area contributed by atoms with Crippen molar-refractivity contribution in [1.29, 1.82) is 0 Å². The second-order valence-corrected chi connectivity index (χ2v) is 3.94. The van der Waals surface area contributed by atoms with E-state index < -0.39 is 23.4 Å². The lowest BCUT2D eigenvalue weighted by Gasteiger charge is -2.24. The van der Waals surface area contributed by atoms with Crippen LogP contribution in [0.25, 0.3) is 0 Å². The molecule has 0 spiro atoms. The highest BCUT2D eigenvalue weighted by Gasteiger charge is 2.38. The first-order chi connectivity index (χ1) is 6.85. The molecule has 0 aromatic heterocycles. The minimum absolute atomic E-state index is 0.0439. The van der Waals surface area contributed by atoms with Gasteiger partial charge in [0.25, 0.3) is 0 Å². The predicted molar refractivity (Wildman–Crippen MR) is 51.7 cm³/mol. The third-order valence-corrected chi connectivity index (χ3v) is 2.33. The van der Waals surface area contributed by atoms with Gasteiger partial charge in [-0.3, -0.25) is 4.79 Å². The van der Waals surface area contributed by atoms with E-state index in [-0.39, 0.29) is 5.56 Å². The van der Waals surface area contributed by atoms with Gasteiger partial charge in [0.05, 0.1) is 5.41 Å². The Morgan fingerprint density at radius 2 is 2.07 bits per heavy atom. The summed E-state index contributed by atoms with van der Waals surface area (Å²) in [6, 6.07) is 4.92. The van der Waals surface area contributed by atoms with Gasteiger partial charge in [-0.25, -0.2) is 8.78 Å². The van der Waals surface area contributed by atoms with E-state index in [4.69, 9.17) is 5.11 Å². The lowest BCUT2D eigenvalue weighted by atomic mass is 9.84. The van der Waals surface area contributed by atoms with Crippen LogP contribution in [0.15, 0.2) is 24.3 Å². The third kappa shape index (κ3) is 2.32. The number of carboxylic acid groups (broad SMARTS) is 1. The quantitative estimate of drug-likeness (QED) is 0.839. The van der Waals surface area contributed by atoms with Crippen molar-refractivity contribution in [3.05, 3.63) is 35.6 Å². The molecule has 0 bridgehead atoms. The zero-order valence-electron chi connectivity index (χ0n) is 8.50. The van der Waals surface area contributed by atoms with Crippen LogP contribution in [0.2, 0.25) is 0 Å². The van der Waals surface area contributed by atoms with Gasteiger partial charge in [0.1, 0.15) is 12.0 Å². The van der Waals surface area contributed by atoms with Crippen LogP contribution in [0.4, 0.5) is 8.78 Å². The van der Waals surface area contributed by atoms with Crippen LogP contribution in [-0.2, 0) is 4.79 Å². The zero-order valence-corrected chi connectivity index (χ0v) is 8.50. The maximum atomic E-state index is 13.8. The van der Waals surface area contributed by atoms with Crippen molar-refractivity contribution in [1.82, 2.24) is 0 Å². The van der Waals surface area contributed by atoms with Gasteiger partial charge in [0.15, 0.2) is 0 Å². The second kappa shape index (κ2) is 3.96. The molecule has 1 N–H and O–H groups in total. The number of alkyl halides is 1. The first-order valence-corrected chi connectivity index (χ1v) is 4.48. The smallest absolute Gasteiger partial charge is 0.312 e. The monoisotopic (exact) mass is 214 g/mol. The fourth-order valence-corrected chi connectivity index (χ4v) is 1.19. The summed E-state index contributed by atoms with van der Waals surface area (Å²) >= 11 is 0. The Kier molecular flexibility index (Phi) is 3.07. The van der Waals surface area contributed by atoms with Crippen LogP contribution in [0.5, 0.6) is 0 Å². The number of carbonyl (C=O) groups is 1. The molecule has 0 radical (unpaired) electrons. The van der Waals surface area contributed by atoms with Gasteiger partial charge in [-0.2, -0.15) is 0 Å². The molecule has 0 aliphatic rings. The van der Waals surface area contributed by atoms with Crippen molar-refractivity contribution in [3.8, 4) is 0 Å². The van der Waals surface area contributed by atoms with E-state index in [0.717, 1.165) is 6.07 Å². The molecule has 0 saturated carbocycles. The van der Waals surface area contributed by atoms with E-state index in [1.54, 1.807) is 0 Å². The normalized spacial score (nSPS) is 13.6. The maximum absolute atomic E-state index is 13.8. The number of hydrogen-bond donors (Lipinski definition) is 1. The van der Waals surface area contributed by atoms with Gasteiger partial charge in [0.2, 0.25) is 0 Å². The molecule has 82 valence electrons. The van der Waals surface area contributed by atoms with Gasteiger partial charge < -0.3 is 5.11 Å². The van der Waals surface area contributed by atoms with E-state index in [1.807, 2.05) is 0 Å². The van der Waals surface area contributed by atoms with Crippen LogP contribution < -0.4 is 0 Å². The SMILES string of the molecule is CC(C)(C(=O)O)C(F)c1cccc(F)c1. The number of hydrogen-bond acceptors (Lipinski definition) is 1. The molecule has 4 heteroatoms. The van der Waals surface area contributed by atoms with Crippen LogP contribution in [0, 0.1) is 11.2 Å². The molecule has 1 unspecified atom stereocenters. The number of rotatable bonds is 3. The fraction of sp³-hybridized carbons (Fsp3) is 0.364. The Bertz CT molecular complexity index is 375. The summed E-state index contributed by atoms with van der Waals surface area (Å²) < 4.78 is 26.6. The second-order valence-electron chi connectivity index (χ2n) is 3.94. The van der Waals surface area contributed by atoms with Gasteiger partial charge in [-0.05, 0) is 31.5 Å². The molecule has 1 rings (SSSR count). The van der Waals surface area contributed by atoms with E-state index in [1.165, 1.54) is 32.0 Å². The number of benzene rings is 1. The summed E-state index contributed by atoms with van der Waals surface area (Å²) in [4.78, 5) is 10.8. The molecular weight excluding hydrogens is 202 g/mol. The summed E-state index contributed by atoms with van der Waals surface area (Å²) in [6.45, 7) is 2.54. The number of carboxylic acids is 1. The molecule has 1 aromatic carbocycles. The maximum Gasteiger partial charge on any atom is 0.312 e. The van der Waals surface area contributed by atoms with Crippen molar-refractivity contribution in [3.63, 3.8) is 0 Å². The average Bonchev–Trinajstić information content (AvgIpc) is 2.16. The molecule has 15 heavy (non-hydrogen) atoms. The molecule has 0 saturated heterocycles.